The molecule has 31 heavy (non-hydrogen) atoms. The summed E-state index contributed by atoms with van der Waals surface area (Å²) in [5, 5.41) is 1.48. The Morgan fingerprint density at radius 1 is 0.806 bits per heavy atom. The van der Waals surface area contributed by atoms with Gasteiger partial charge in [-0.3, -0.25) is 0 Å². The summed E-state index contributed by atoms with van der Waals surface area (Å²) in [5.74, 6) is 6.25. The molecule has 0 unspecified atom stereocenters. The minimum Gasteiger partial charge on any atom is -0.206 e. The van der Waals surface area contributed by atoms with Crippen LogP contribution in [-0.2, 0) is 6.42 Å². The average Bonchev–Trinajstić information content (AvgIpc) is 2.80. The minimum atomic E-state index is -0.186. The van der Waals surface area contributed by atoms with E-state index in [9.17, 15) is 0 Å². The zero-order chi connectivity index (χ0) is 21.6. The molecule has 0 saturated carbocycles. The third-order valence-electron chi connectivity index (χ3n) is 5.46. The van der Waals surface area contributed by atoms with Gasteiger partial charge in [-0.05, 0) is 67.5 Å². The van der Waals surface area contributed by atoms with E-state index in [0.717, 1.165) is 40.5 Å². The van der Waals surface area contributed by atoms with Gasteiger partial charge in [0.2, 0.25) is 0 Å². The normalized spacial score (nSPS) is 10.9. The van der Waals surface area contributed by atoms with E-state index in [1.54, 1.807) is 0 Å². The highest BCUT2D eigenvalue weighted by Gasteiger charge is 2.09. The molecule has 0 aliphatic carbocycles. The van der Waals surface area contributed by atoms with Crippen LogP contribution < -0.4 is 0 Å². The van der Waals surface area contributed by atoms with Gasteiger partial charge in [-0.1, -0.05) is 84.2 Å². The molecule has 0 bridgehead atoms. The number of benzene rings is 4. The van der Waals surface area contributed by atoms with Crippen molar-refractivity contribution in [1.29, 1.82) is 0 Å². The molecular weight excluding hydrogens is 379 g/mol. The highest BCUT2D eigenvalue weighted by atomic mass is 19.1. The molecule has 152 valence electrons. The van der Waals surface area contributed by atoms with Crippen molar-refractivity contribution in [2.24, 2.45) is 0 Å². The van der Waals surface area contributed by atoms with E-state index in [2.05, 4.69) is 48.3 Å². The van der Waals surface area contributed by atoms with Crippen molar-refractivity contribution in [3.05, 3.63) is 119 Å². The molecule has 4 rings (SSSR count). The Bertz CT molecular complexity index is 1280. The van der Waals surface area contributed by atoms with E-state index < -0.39 is 0 Å². The second-order valence-corrected chi connectivity index (χ2v) is 7.78. The number of hydrogen-bond donors (Lipinski definition) is 0. The van der Waals surface area contributed by atoms with Gasteiger partial charge < -0.3 is 0 Å². The lowest BCUT2D eigenvalue weighted by Gasteiger charge is -2.08. The van der Waals surface area contributed by atoms with Crippen LogP contribution in [0.4, 0.5) is 4.39 Å². The Hall–Kier alpha value is -3.63. The molecule has 0 heterocycles. The molecule has 4 aromatic carbocycles. The van der Waals surface area contributed by atoms with Gasteiger partial charge in [0.15, 0.2) is 0 Å². The predicted octanol–water partition coefficient (Wildman–Crippen LogP) is 7.86. The van der Waals surface area contributed by atoms with Crippen molar-refractivity contribution >= 4 is 10.8 Å². The van der Waals surface area contributed by atoms with Crippen LogP contribution in [-0.4, -0.2) is 0 Å². The van der Waals surface area contributed by atoms with Crippen LogP contribution in [0.5, 0.6) is 0 Å². The molecule has 0 amide bonds. The topological polar surface area (TPSA) is 0 Å². The standard InChI is InChI=1S/C30H25F/c1-3-4-5-6-23-9-11-24(12-10-23)13-14-25-15-19-29-27(21-25)18-20-28(30(29)31)26-16-7-22(2)8-17-26/h3-4,7-12,15-21H,5-6H2,1-2H3/b4-3+. The van der Waals surface area contributed by atoms with Crippen LogP contribution >= 0.6 is 0 Å². The summed E-state index contributed by atoms with van der Waals surface area (Å²) in [5.41, 5.74) is 5.86. The Labute approximate surface area is 184 Å². The molecule has 0 spiro atoms. The van der Waals surface area contributed by atoms with E-state index in [4.69, 9.17) is 0 Å². The molecule has 0 aliphatic rings. The Morgan fingerprint density at radius 3 is 2.26 bits per heavy atom. The van der Waals surface area contributed by atoms with E-state index >= 15 is 4.39 Å². The third kappa shape index (κ3) is 4.93. The van der Waals surface area contributed by atoms with E-state index in [0.29, 0.717) is 10.9 Å². The van der Waals surface area contributed by atoms with Gasteiger partial charge in [0.05, 0.1) is 0 Å². The van der Waals surface area contributed by atoms with Gasteiger partial charge >= 0.3 is 0 Å². The van der Waals surface area contributed by atoms with Gasteiger partial charge in [-0.2, -0.15) is 0 Å². The van der Waals surface area contributed by atoms with Crippen molar-refractivity contribution in [3.63, 3.8) is 0 Å². The summed E-state index contributed by atoms with van der Waals surface area (Å²) in [7, 11) is 0. The molecule has 1 heteroatoms. The van der Waals surface area contributed by atoms with E-state index in [1.807, 2.05) is 68.4 Å². The Kier molecular flexibility index (Phi) is 6.29. The first-order valence-corrected chi connectivity index (χ1v) is 10.7. The van der Waals surface area contributed by atoms with Gasteiger partial charge in [0.25, 0.3) is 0 Å². The molecular formula is C30H25F. The third-order valence-corrected chi connectivity index (χ3v) is 5.46. The average molecular weight is 405 g/mol. The van der Waals surface area contributed by atoms with E-state index in [-0.39, 0.29) is 5.82 Å². The SMILES string of the molecule is C/C=C/CCc1ccc(C#Cc2ccc3c(F)c(-c4ccc(C)cc4)ccc3c2)cc1. The molecule has 0 N–H and O–H groups in total. The van der Waals surface area contributed by atoms with Crippen LogP contribution in [0.3, 0.4) is 0 Å². The van der Waals surface area contributed by atoms with Crippen LogP contribution in [0.1, 0.15) is 35.6 Å². The lowest BCUT2D eigenvalue weighted by molar-refractivity contribution is 0.643. The fourth-order valence-electron chi connectivity index (χ4n) is 3.64. The van der Waals surface area contributed by atoms with Crippen LogP contribution in [0.15, 0.2) is 91.0 Å². The molecule has 0 aliphatic heterocycles. The molecule has 0 fully saturated rings. The van der Waals surface area contributed by atoms with Crippen molar-refractivity contribution < 1.29 is 4.39 Å². The first-order valence-electron chi connectivity index (χ1n) is 10.7. The lowest BCUT2D eigenvalue weighted by Crippen LogP contribution is -1.88. The summed E-state index contributed by atoms with van der Waals surface area (Å²) in [6, 6.07) is 25.8. The summed E-state index contributed by atoms with van der Waals surface area (Å²) >= 11 is 0. The monoisotopic (exact) mass is 404 g/mol. The Balaban J connectivity index is 1.56. The zero-order valence-corrected chi connectivity index (χ0v) is 18.0. The quantitative estimate of drug-likeness (QED) is 0.240. The van der Waals surface area contributed by atoms with Gasteiger partial charge in [0.1, 0.15) is 5.82 Å². The molecule has 0 aromatic heterocycles. The summed E-state index contributed by atoms with van der Waals surface area (Å²) in [4.78, 5) is 0. The highest BCUT2D eigenvalue weighted by molar-refractivity contribution is 5.89. The molecule has 0 atom stereocenters. The maximum atomic E-state index is 15.1. The molecule has 0 radical (unpaired) electrons. The van der Waals surface area contributed by atoms with Crippen molar-refractivity contribution in [2.45, 2.75) is 26.7 Å². The maximum absolute atomic E-state index is 15.1. The zero-order valence-electron chi connectivity index (χ0n) is 18.0. The number of halogens is 1. The fraction of sp³-hybridized carbons (Fsp3) is 0.133. The number of fused-ring (bicyclic) bond motifs is 1. The number of aryl methyl sites for hydroxylation is 2. The first-order chi connectivity index (χ1) is 15.1. The summed E-state index contributed by atoms with van der Waals surface area (Å²) in [6.45, 7) is 4.07. The van der Waals surface area contributed by atoms with Crippen molar-refractivity contribution in [1.82, 2.24) is 0 Å². The Morgan fingerprint density at radius 2 is 1.52 bits per heavy atom. The maximum Gasteiger partial charge on any atom is 0.138 e. The molecule has 4 aromatic rings. The lowest BCUT2D eigenvalue weighted by atomic mass is 9.98. The van der Waals surface area contributed by atoms with E-state index in [1.165, 1.54) is 5.56 Å². The van der Waals surface area contributed by atoms with Gasteiger partial charge in [-0.15, -0.1) is 0 Å². The highest BCUT2D eigenvalue weighted by Crippen LogP contribution is 2.29. The first kappa shape index (κ1) is 20.6. The summed E-state index contributed by atoms with van der Waals surface area (Å²) in [6.07, 6.45) is 6.36. The predicted molar refractivity (Wildman–Crippen MR) is 130 cm³/mol. The number of rotatable bonds is 4. The molecule has 0 saturated heterocycles. The van der Waals surface area contributed by atoms with Crippen molar-refractivity contribution in [3.8, 4) is 23.0 Å². The second-order valence-electron chi connectivity index (χ2n) is 7.78. The van der Waals surface area contributed by atoms with Gasteiger partial charge in [0, 0.05) is 22.1 Å². The largest absolute Gasteiger partial charge is 0.206 e. The van der Waals surface area contributed by atoms with Crippen LogP contribution in [0.25, 0.3) is 21.9 Å². The number of allylic oxidation sites excluding steroid dienone is 2. The van der Waals surface area contributed by atoms with Crippen LogP contribution in [0.2, 0.25) is 0 Å². The summed E-state index contributed by atoms with van der Waals surface area (Å²) < 4.78 is 15.1. The van der Waals surface area contributed by atoms with Gasteiger partial charge in [-0.25, -0.2) is 4.39 Å². The fourth-order valence-corrected chi connectivity index (χ4v) is 3.64. The second kappa shape index (κ2) is 9.45. The smallest absolute Gasteiger partial charge is 0.138 e. The molecule has 0 nitrogen and oxygen atoms in total. The number of hydrogen-bond acceptors (Lipinski definition) is 0. The van der Waals surface area contributed by atoms with Crippen LogP contribution in [0, 0.1) is 24.6 Å². The minimum absolute atomic E-state index is 0.186. The van der Waals surface area contributed by atoms with Crippen molar-refractivity contribution in [2.75, 3.05) is 0 Å².